The third-order valence-electron chi connectivity index (χ3n) is 3.18. The van der Waals surface area contributed by atoms with E-state index in [4.69, 9.17) is 9.15 Å². The highest BCUT2D eigenvalue weighted by Gasteiger charge is 2.16. The van der Waals surface area contributed by atoms with Crippen LogP contribution in [0.3, 0.4) is 0 Å². The molecule has 0 radical (unpaired) electrons. The number of aliphatic hydroxyl groups is 1. The first-order chi connectivity index (χ1) is 9.94. The van der Waals surface area contributed by atoms with E-state index in [1.807, 2.05) is 0 Å². The van der Waals surface area contributed by atoms with Crippen LogP contribution in [0.2, 0.25) is 0 Å². The zero-order chi connectivity index (χ0) is 15.3. The van der Waals surface area contributed by atoms with Crippen LogP contribution in [-0.4, -0.2) is 36.4 Å². The summed E-state index contributed by atoms with van der Waals surface area (Å²) in [5, 5.41) is 12.3. The standard InChI is InChI=1S/C16H21NO4/c1-16(2,19)8-5-13-3-4-14(21-13)15(18)17-9-6-12-7-10-20-11-12/h3-4,12,19H,6-7,9-11H2,1-2H3,(H,17,18)/t12-/m1/s1. The number of carbonyl (C=O) groups is 1. The molecule has 0 aliphatic carbocycles. The Balaban J connectivity index is 1.82. The van der Waals surface area contributed by atoms with E-state index >= 15 is 0 Å². The molecule has 1 fully saturated rings. The number of carbonyl (C=O) groups excluding carboxylic acids is 1. The highest BCUT2D eigenvalue weighted by molar-refractivity contribution is 5.91. The average Bonchev–Trinajstić information content (AvgIpc) is 3.06. The van der Waals surface area contributed by atoms with Gasteiger partial charge in [-0.25, -0.2) is 0 Å². The van der Waals surface area contributed by atoms with Crippen LogP contribution in [0, 0.1) is 17.8 Å². The topological polar surface area (TPSA) is 71.7 Å². The molecular weight excluding hydrogens is 270 g/mol. The van der Waals surface area contributed by atoms with Crippen molar-refractivity contribution in [3.63, 3.8) is 0 Å². The van der Waals surface area contributed by atoms with Gasteiger partial charge in [0.25, 0.3) is 5.91 Å². The van der Waals surface area contributed by atoms with Crippen LogP contribution < -0.4 is 5.32 Å². The molecule has 1 aliphatic heterocycles. The van der Waals surface area contributed by atoms with Crippen LogP contribution >= 0.6 is 0 Å². The zero-order valence-corrected chi connectivity index (χ0v) is 12.4. The Kier molecular flexibility index (Phi) is 5.05. The maximum Gasteiger partial charge on any atom is 0.287 e. The number of hydrogen-bond acceptors (Lipinski definition) is 4. The van der Waals surface area contributed by atoms with E-state index in [1.54, 1.807) is 26.0 Å². The fourth-order valence-corrected chi connectivity index (χ4v) is 2.03. The lowest BCUT2D eigenvalue weighted by Gasteiger charge is -2.07. The van der Waals surface area contributed by atoms with Gasteiger partial charge in [-0.2, -0.15) is 0 Å². The minimum Gasteiger partial charge on any atom is -0.443 e. The lowest BCUT2D eigenvalue weighted by Crippen LogP contribution is -2.25. The number of ether oxygens (including phenoxy) is 1. The Hall–Kier alpha value is -1.77. The smallest absolute Gasteiger partial charge is 0.287 e. The summed E-state index contributed by atoms with van der Waals surface area (Å²) < 4.78 is 10.6. The number of furan rings is 1. The van der Waals surface area contributed by atoms with Gasteiger partial charge in [-0.15, -0.1) is 0 Å². The summed E-state index contributed by atoms with van der Waals surface area (Å²) in [6.07, 6.45) is 1.98. The van der Waals surface area contributed by atoms with Gasteiger partial charge in [-0.3, -0.25) is 4.79 Å². The molecule has 1 amide bonds. The summed E-state index contributed by atoms with van der Waals surface area (Å²) >= 11 is 0. The highest BCUT2D eigenvalue weighted by Crippen LogP contribution is 2.15. The highest BCUT2D eigenvalue weighted by atomic mass is 16.5. The Morgan fingerprint density at radius 1 is 1.52 bits per heavy atom. The van der Waals surface area contributed by atoms with Crippen LogP contribution in [0.15, 0.2) is 16.5 Å². The molecule has 21 heavy (non-hydrogen) atoms. The molecule has 5 heteroatoms. The van der Waals surface area contributed by atoms with Crippen molar-refractivity contribution in [2.75, 3.05) is 19.8 Å². The van der Waals surface area contributed by atoms with E-state index in [0.717, 1.165) is 26.1 Å². The van der Waals surface area contributed by atoms with Crippen LogP contribution in [0.4, 0.5) is 0 Å². The van der Waals surface area contributed by atoms with Crippen molar-refractivity contribution in [2.45, 2.75) is 32.3 Å². The van der Waals surface area contributed by atoms with E-state index < -0.39 is 5.60 Å². The molecule has 2 heterocycles. The molecule has 0 aromatic carbocycles. The number of hydrogen-bond donors (Lipinski definition) is 2. The first-order valence-electron chi connectivity index (χ1n) is 7.15. The molecule has 1 atom stereocenters. The summed E-state index contributed by atoms with van der Waals surface area (Å²) in [5.41, 5.74) is -1.08. The summed E-state index contributed by atoms with van der Waals surface area (Å²) in [6.45, 7) is 5.39. The molecular formula is C16H21NO4. The molecule has 1 aliphatic rings. The van der Waals surface area contributed by atoms with Crippen LogP contribution in [0.25, 0.3) is 0 Å². The maximum absolute atomic E-state index is 11.9. The fourth-order valence-electron chi connectivity index (χ4n) is 2.03. The minimum atomic E-state index is -1.08. The van der Waals surface area contributed by atoms with Gasteiger partial charge in [0.05, 0.1) is 0 Å². The van der Waals surface area contributed by atoms with Crippen molar-refractivity contribution in [1.82, 2.24) is 5.32 Å². The lowest BCUT2D eigenvalue weighted by molar-refractivity contribution is 0.0922. The van der Waals surface area contributed by atoms with Crippen molar-refractivity contribution in [1.29, 1.82) is 0 Å². The Labute approximate surface area is 124 Å². The first-order valence-corrected chi connectivity index (χ1v) is 7.15. The van der Waals surface area contributed by atoms with Gasteiger partial charge in [0.15, 0.2) is 11.5 Å². The van der Waals surface area contributed by atoms with Crippen molar-refractivity contribution in [3.05, 3.63) is 23.7 Å². The van der Waals surface area contributed by atoms with E-state index in [9.17, 15) is 9.90 Å². The molecule has 2 rings (SSSR count). The van der Waals surface area contributed by atoms with E-state index in [1.165, 1.54) is 0 Å². The maximum atomic E-state index is 11.9. The van der Waals surface area contributed by atoms with Gasteiger partial charge in [0.2, 0.25) is 0 Å². The largest absolute Gasteiger partial charge is 0.443 e. The van der Waals surface area contributed by atoms with Gasteiger partial charge in [0, 0.05) is 19.8 Å². The van der Waals surface area contributed by atoms with Gasteiger partial charge in [-0.1, -0.05) is 5.92 Å². The lowest BCUT2D eigenvalue weighted by atomic mass is 10.1. The van der Waals surface area contributed by atoms with Gasteiger partial charge in [-0.05, 0) is 50.7 Å². The second-order valence-corrected chi connectivity index (χ2v) is 5.75. The quantitative estimate of drug-likeness (QED) is 0.826. The van der Waals surface area contributed by atoms with Crippen molar-refractivity contribution in [3.8, 4) is 11.8 Å². The van der Waals surface area contributed by atoms with Crippen molar-refractivity contribution < 1.29 is 19.1 Å². The van der Waals surface area contributed by atoms with Crippen LogP contribution in [-0.2, 0) is 4.74 Å². The number of nitrogens with one attached hydrogen (secondary N) is 1. The summed E-state index contributed by atoms with van der Waals surface area (Å²) in [7, 11) is 0. The van der Waals surface area contributed by atoms with E-state index in [2.05, 4.69) is 17.2 Å². The normalized spacial score (nSPS) is 18.1. The number of rotatable bonds is 4. The molecule has 1 aromatic heterocycles. The second-order valence-electron chi connectivity index (χ2n) is 5.75. The van der Waals surface area contributed by atoms with Crippen molar-refractivity contribution >= 4 is 5.91 Å². The second kappa shape index (κ2) is 6.79. The van der Waals surface area contributed by atoms with Gasteiger partial charge < -0.3 is 19.6 Å². The summed E-state index contributed by atoms with van der Waals surface area (Å²) in [4.78, 5) is 11.9. The monoisotopic (exact) mass is 291 g/mol. The minimum absolute atomic E-state index is 0.234. The SMILES string of the molecule is CC(C)(O)C#Cc1ccc(C(=O)NCC[C@@H]2CCOC2)o1. The third kappa shape index (κ3) is 5.25. The van der Waals surface area contributed by atoms with Crippen LogP contribution in [0.5, 0.6) is 0 Å². The fraction of sp³-hybridized carbons (Fsp3) is 0.562. The predicted octanol–water partition coefficient (Wildman–Crippen LogP) is 1.56. The zero-order valence-electron chi connectivity index (χ0n) is 12.4. The molecule has 114 valence electrons. The van der Waals surface area contributed by atoms with Crippen LogP contribution in [0.1, 0.15) is 43.0 Å². The van der Waals surface area contributed by atoms with Crippen molar-refractivity contribution in [2.24, 2.45) is 5.92 Å². The van der Waals surface area contributed by atoms with E-state index in [-0.39, 0.29) is 11.7 Å². The molecule has 5 nitrogen and oxygen atoms in total. The molecule has 0 spiro atoms. The van der Waals surface area contributed by atoms with Gasteiger partial charge >= 0.3 is 0 Å². The molecule has 1 aromatic rings. The summed E-state index contributed by atoms with van der Waals surface area (Å²) in [5.74, 6) is 6.23. The summed E-state index contributed by atoms with van der Waals surface area (Å²) in [6, 6.07) is 3.21. The predicted molar refractivity (Wildman–Crippen MR) is 77.8 cm³/mol. The Bertz CT molecular complexity index is 539. The first kappa shape index (κ1) is 15.6. The molecule has 0 bridgehead atoms. The van der Waals surface area contributed by atoms with E-state index in [0.29, 0.717) is 18.2 Å². The average molecular weight is 291 g/mol. The molecule has 0 unspecified atom stereocenters. The number of amides is 1. The molecule has 0 saturated carbocycles. The van der Waals surface area contributed by atoms with Gasteiger partial charge in [0.1, 0.15) is 5.60 Å². The Morgan fingerprint density at radius 2 is 2.33 bits per heavy atom. The Morgan fingerprint density at radius 3 is 3.00 bits per heavy atom. The molecule has 1 saturated heterocycles. The molecule has 2 N–H and O–H groups in total. The third-order valence-corrected chi connectivity index (χ3v) is 3.18.